The number of methoxy groups -OCH3 is 3. The second-order valence-electron chi connectivity index (χ2n) is 5.56. The third-order valence-corrected chi connectivity index (χ3v) is 4.36. The fraction of sp³-hybridized carbons (Fsp3) is 0.250. The number of aromatic amines is 1. The van der Waals surface area contributed by atoms with Crippen LogP contribution in [-0.2, 0) is 16.0 Å². The summed E-state index contributed by atoms with van der Waals surface area (Å²) in [5, 5.41) is 6.55. The molecule has 1 amide bonds. The molecule has 0 unspecified atom stereocenters. The first kappa shape index (κ1) is 20.3. The second-order valence-corrected chi connectivity index (χ2v) is 6.31. The number of amides is 1. The summed E-state index contributed by atoms with van der Waals surface area (Å²) in [6, 6.07) is 1.54. The van der Waals surface area contributed by atoms with Gasteiger partial charge in [-0.25, -0.2) is 19.6 Å². The normalized spacial score (nSPS) is 10.6. The molecule has 0 aromatic carbocycles. The minimum absolute atomic E-state index is 0.0532. The number of nitrogens with one attached hydrogen (secondary N) is 2. The first-order valence-electron chi connectivity index (χ1n) is 8.00. The molecule has 0 aliphatic carbocycles. The fourth-order valence-corrected chi connectivity index (χ4v) is 3.03. The van der Waals surface area contributed by atoms with Crippen molar-refractivity contribution in [3.63, 3.8) is 0 Å². The quantitative estimate of drug-likeness (QED) is 0.529. The van der Waals surface area contributed by atoms with Crippen LogP contribution >= 0.6 is 15.9 Å². The molecule has 0 fully saturated rings. The maximum absolute atomic E-state index is 12.6. The lowest BCUT2D eigenvalue weighted by Crippen LogP contribution is -2.19. The van der Waals surface area contributed by atoms with E-state index in [1.54, 1.807) is 0 Å². The second kappa shape index (κ2) is 8.26. The number of rotatable bonds is 5. The van der Waals surface area contributed by atoms with E-state index in [0.29, 0.717) is 5.56 Å². The minimum Gasteiger partial charge on any atom is -0.481 e. The van der Waals surface area contributed by atoms with Crippen LogP contribution in [0.2, 0.25) is 0 Å². The number of esters is 1. The Balaban J connectivity index is 2.07. The average Bonchev–Trinajstić information content (AvgIpc) is 3.02. The van der Waals surface area contributed by atoms with E-state index in [9.17, 15) is 14.4 Å². The van der Waals surface area contributed by atoms with E-state index in [-0.39, 0.29) is 39.6 Å². The van der Waals surface area contributed by atoms with Crippen LogP contribution in [0.15, 0.2) is 21.7 Å². The van der Waals surface area contributed by atoms with Gasteiger partial charge in [-0.2, -0.15) is 5.10 Å². The van der Waals surface area contributed by atoms with E-state index in [1.807, 2.05) is 0 Å². The Bertz CT molecular complexity index is 1160. The van der Waals surface area contributed by atoms with Crippen LogP contribution in [0.5, 0.6) is 5.88 Å². The molecule has 12 nitrogen and oxygen atoms in total. The van der Waals surface area contributed by atoms with Crippen LogP contribution in [0.3, 0.4) is 0 Å². The van der Waals surface area contributed by atoms with Crippen LogP contribution in [0.25, 0.3) is 11.0 Å². The zero-order valence-electron chi connectivity index (χ0n) is 15.5. The molecule has 3 aromatic heterocycles. The number of ether oxygens (including phenoxy) is 3. The molecule has 2 N–H and O–H groups in total. The van der Waals surface area contributed by atoms with Gasteiger partial charge in [0.25, 0.3) is 5.56 Å². The van der Waals surface area contributed by atoms with E-state index in [0.717, 1.165) is 0 Å². The number of nitrogens with zero attached hydrogens (tertiary/aromatic N) is 4. The van der Waals surface area contributed by atoms with Crippen molar-refractivity contribution in [2.45, 2.75) is 6.54 Å². The van der Waals surface area contributed by atoms with E-state index >= 15 is 0 Å². The summed E-state index contributed by atoms with van der Waals surface area (Å²) < 4.78 is 16.1. The predicted octanol–water partition coefficient (Wildman–Crippen LogP) is 1.30. The van der Waals surface area contributed by atoms with Gasteiger partial charge < -0.3 is 14.2 Å². The van der Waals surface area contributed by atoms with Crippen molar-refractivity contribution >= 4 is 45.0 Å². The molecule has 0 radical (unpaired) electrons. The molecule has 0 bridgehead atoms. The highest BCUT2D eigenvalue weighted by Crippen LogP contribution is 2.23. The average molecular weight is 467 g/mol. The molecule has 152 valence electrons. The first-order chi connectivity index (χ1) is 13.9. The summed E-state index contributed by atoms with van der Waals surface area (Å²) >= 11 is 3.26. The molecule has 0 atom stereocenters. The Labute approximate surface area is 171 Å². The van der Waals surface area contributed by atoms with Crippen LogP contribution in [0.4, 0.5) is 10.7 Å². The van der Waals surface area contributed by atoms with Crippen molar-refractivity contribution in [1.82, 2.24) is 24.7 Å². The first-order valence-corrected chi connectivity index (χ1v) is 8.79. The van der Waals surface area contributed by atoms with Gasteiger partial charge in [0.15, 0.2) is 10.1 Å². The molecule has 0 aliphatic rings. The van der Waals surface area contributed by atoms with Crippen molar-refractivity contribution in [1.29, 1.82) is 0 Å². The van der Waals surface area contributed by atoms with Crippen molar-refractivity contribution in [2.24, 2.45) is 0 Å². The fourth-order valence-electron chi connectivity index (χ4n) is 2.56. The van der Waals surface area contributed by atoms with Crippen LogP contribution < -0.4 is 15.6 Å². The number of carbonyl (C=O) groups is 2. The zero-order chi connectivity index (χ0) is 21.1. The molecular weight excluding hydrogens is 452 g/mol. The summed E-state index contributed by atoms with van der Waals surface area (Å²) in [4.78, 5) is 46.4. The van der Waals surface area contributed by atoms with Gasteiger partial charge in [-0.1, -0.05) is 0 Å². The number of anilines is 1. The molecule has 13 heteroatoms. The van der Waals surface area contributed by atoms with Crippen molar-refractivity contribution in [3.05, 3.63) is 38.3 Å². The van der Waals surface area contributed by atoms with Crippen molar-refractivity contribution in [3.8, 4) is 5.88 Å². The van der Waals surface area contributed by atoms with Gasteiger partial charge in [0, 0.05) is 11.8 Å². The number of H-pyrrole nitrogens is 1. The summed E-state index contributed by atoms with van der Waals surface area (Å²) in [7, 11) is 3.87. The Morgan fingerprint density at radius 2 is 2.03 bits per heavy atom. The number of hydrogen-bond acceptors (Lipinski definition) is 9. The molecule has 3 aromatic rings. The monoisotopic (exact) mass is 466 g/mol. The van der Waals surface area contributed by atoms with E-state index < -0.39 is 17.6 Å². The van der Waals surface area contributed by atoms with Gasteiger partial charge in [0.1, 0.15) is 5.52 Å². The third-order valence-electron chi connectivity index (χ3n) is 3.82. The number of pyridine rings is 1. The SMILES string of the molecule is COC(=O)Nc1nc2c(Br)nn(Cc3cc(C(=O)OC)cnc3OC)c2c(=O)[nH]1. The van der Waals surface area contributed by atoms with Gasteiger partial charge in [-0.3, -0.25) is 19.8 Å². The molecular formula is C16H15BrN6O6. The van der Waals surface area contributed by atoms with E-state index in [4.69, 9.17) is 9.47 Å². The maximum atomic E-state index is 12.6. The molecule has 3 rings (SSSR count). The molecule has 0 saturated carbocycles. The van der Waals surface area contributed by atoms with E-state index in [2.05, 4.69) is 46.0 Å². The van der Waals surface area contributed by atoms with Crippen molar-refractivity contribution in [2.75, 3.05) is 26.6 Å². The molecule has 0 spiro atoms. The van der Waals surface area contributed by atoms with Crippen LogP contribution in [-0.4, -0.2) is 58.1 Å². The van der Waals surface area contributed by atoms with Gasteiger partial charge in [-0.05, 0) is 22.0 Å². The maximum Gasteiger partial charge on any atom is 0.413 e. The lowest BCUT2D eigenvalue weighted by molar-refractivity contribution is 0.0600. The summed E-state index contributed by atoms with van der Waals surface area (Å²) in [6.45, 7) is 0.0532. The standard InChI is InChI=1S/C16H15BrN6O6/c1-27-13-8(4-7(5-18-13)14(25)28-2)6-23-10-9(11(17)22-23)19-15(20-12(10)24)21-16(26)29-3/h4-5H,6H2,1-3H3,(H2,19,20,21,24,26). The number of aromatic nitrogens is 5. The van der Waals surface area contributed by atoms with Crippen LogP contribution in [0, 0.1) is 0 Å². The Morgan fingerprint density at radius 1 is 1.28 bits per heavy atom. The van der Waals surface area contributed by atoms with Gasteiger partial charge in [-0.15, -0.1) is 0 Å². The number of fused-ring (bicyclic) bond motifs is 1. The Morgan fingerprint density at radius 3 is 2.69 bits per heavy atom. The highest BCUT2D eigenvalue weighted by molar-refractivity contribution is 9.10. The minimum atomic E-state index is -0.786. The molecule has 29 heavy (non-hydrogen) atoms. The highest BCUT2D eigenvalue weighted by atomic mass is 79.9. The lowest BCUT2D eigenvalue weighted by atomic mass is 10.2. The van der Waals surface area contributed by atoms with E-state index in [1.165, 1.54) is 38.3 Å². The number of halogens is 1. The third kappa shape index (κ3) is 4.03. The largest absolute Gasteiger partial charge is 0.481 e. The summed E-state index contributed by atoms with van der Waals surface area (Å²) in [5.41, 5.74) is 0.517. The van der Waals surface area contributed by atoms with Gasteiger partial charge in [0.2, 0.25) is 11.8 Å². The van der Waals surface area contributed by atoms with Crippen molar-refractivity contribution < 1.29 is 23.8 Å². The zero-order valence-corrected chi connectivity index (χ0v) is 17.1. The number of carbonyl (C=O) groups excluding carboxylic acids is 2. The summed E-state index contributed by atoms with van der Waals surface area (Å²) in [5.74, 6) is -0.404. The lowest BCUT2D eigenvalue weighted by Gasteiger charge is -2.10. The Kier molecular flexibility index (Phi) is 5.77. The molecule has 0 saturated heterocycles. The van der Waals surface area contributed by atoms with Gasteiger partial charge >= 0.3 is 12.1 Å². The topological polar surface area (TPSA) is 150 Å². The molecule has 0 aliphatic heterocycles. The molecule has 3 heterocycles. The highest BCUT2D eigenvalue weighted by Gasteiger charge is 2.19. The predicted molar refractivity (Wildman–Crippen MR) is 103 cm³/mol. The number of hydrogen-bond donors (Lipinski definition) is 2. The Hall–Kier alpha value is -3.48. The van der Waals surface area contributed by atoms with Gasteiger partial charge in [0.05, 0.1) is 33.4 Å². The smallest absolute Gasteiger partial charge is 0.413 e. The summed E-state index contributed by atoms with van der Waals surface area (Å²) in [6.07, 6.45) is 0.538. The van der Waals surface area contributed by atoms with Crippen LogP contribution in [0.1, 0.15) is 15.9 Å².